The number of ether oxygens (including phenoxy) is 1. The van der Waals surface area contributed by atoms with Gasteiger partial charge in [-0.1, -0.05) is 20.8 Å². The second kappa shape index (κ2) is 14.0. The Balaban J connectivity index is 0.00000900. The van der Waals surface area contributed by atoms with Crippen LogP contribution in [-0.2, 0) is 9.53 Å². The number of guanidine groups is 1. The van der Waals surface area contributed by atoms with Crippen LogP contribution in [0.2, 0.25) is 0 Å². The first kappa shape index (κ1) is 29.7. The molecule has 1 aliphatic rings. The summed E-state index contributed by atoms with van der Waals surface area (Å²) in [7, 11) is 1.75. The van der Waals surface area contributed by atoms with Gasteiger partial charge < -0.3 is 25.2 Å². The average molecular weight is 554 g/mol. The highest BCUT2D eigenvalue weighted by Crippen LogP contribution is 2.13. The van der Waals surface area contributed by atoms with E-state index in [-0.39, 0.29) is 47.8 Å². The van der Waals surface area contributed by atoms with E-state index in [2.05, 4.69) is 17.6 Å². The lowest BCUT2D eigenvalue weighted by atomic mass is 10.0. The number of carbonyl (C=O) groups excluding carboxylic acids is 2. The maximum atomic E-state index is 12.2. The van der Waals surface area contributed by atoms with Crippen LogP contribution in [0.4, 0.5) is 4.79 Å². The summed E-state index contributed by atoms with van der Waals surface area (Å²) in [5.41, 5.74) is -0.496. The quantitative estimate of drug-likeness (QED) is 0.287. The summed E-state index contributed by atoms with van der Waals surface area (Å²) >= 11 is 0. The summed E-state index contributed by atoms with van der Waals surface area (Å²) in [6.45, 7) is 17.1. The zero-order valence-electron chi connectivity index (χ0n) is 20.7. The topological polar surface area (TPSA) is 86.3 Å². The number of hydrogen-bond acceptors (Lipinski definition) is 4. The van der Waals surface area contributed by atoms with Gasteiger partial charge in [-0.3, -0.25) is 9.79 Å². The number of rotatable bonds is 7. The van der Waals surface area contributed by atoms with Crippen molar-refractivity contribution in [2.75, 3.05) is 39.8 Å². The monoisotopic (exact) mass is 553 g/mol. The number of hydrogen-bond donors (Lipinski definition) is 2. The number of aliphatic imine (C=N–C) groups is 1. The maximum Gasteiger partial charge on any atom is 0.410 e. The number of likely N-dealkylation sites (tertiary alicyclic amines) is 1. The van der Waals surface area contributed by atoms with Crippen molar-refractivity contribution < 1.29 is 14.3 Å². The Hall–Kier alpha value is -1.26. The van der Waals surface area contributed by atoms with Gasteiger partial charge in [0.1, 0.15) is 5.60 Å². The molecule has 0 bridgehead atoms. The molecule has 0 radical (unpaired) electrons. The second-order valence-electron chi connectivity index (χ2n) is 9.58. The predicted octanol–water partition coefficient (Wildman–Crippen LogP) is 3.31. The molecule has 9 heteroatoms. The van der Waals surface area contributed by atoms with Crippen molar-refractivity contribution >= 4 is 41.9 Å². The fourth-order valence-corrected chi connectivity index (χ4v) is 3.31. The lowest BCUT2D eigenvalue weighted by Gasteiger charge is -2.34. The fourth-order valence-electron chi connectivity index (χ4n) is 3.31. The zero-order chi connectivity index (χ0) is 22.9. The van der Waals surface area contributed by atoms with Gasteiger partial charge in [0.2, 0.25) is 5.91 Å². The molecule has 0 aromatic carbocycles. The van der Waals surface area contributed by atoms with Crippen LogP contribution < -0.4 is 10.6 Å². The SMILES string of the molecule is CCNC(=NCC(C)CN(C)C(=O)OC(C)(C)C)NC1CCN(C(=O)C(C)C)CC1.I. The van der Waals surface area contributed by atoms with Crippen LogP contribution in [0.3, 0.4) is 0 Å². The van der Waals surface area contributed by atoms with Crippen molar-refractivity contribution in [2.45, 2.75) is 73.0 Å². The smallest absolute Gasteiger partial charge is 0.410 e. The normalized spacial score (nSPS) is 16.4. The number of nitrogens with one attached hydrogen (secondary N) is 2. The molecule has 1 aliphatic heterocycles. The van der Waals surface area contributed by atoms with E-state index >= 15 is 0 Å². The molecule has 1 unspecified atom stereocenters. The van der Waals surface area contributed by atoms with Crippen molar-refractivity contribution in [1.82, 2.24) is 20.4 Å². The highest BCUT2D eigenvalue weighted by Gasteiger charge is 2.25. The molecule has 1 rings (SSSR count). The third kappa shape index (κ3) is 11.8. The van der Waals surface area contributed by atoms with E-state index in [1.807, 2.05) is 46.4 Å². The first-order valence-electron chi connectivity index (χ1n) is 11.2. The van der Waals surface area contributed by atoms with Crippen molar-refractivity contribution in [1.29, 1.82) is 0 Å². The molecule has 1 fully saturated rings. The lowest BCUT2D eigenvalue weighted by molar-refractivity contribution is -0.135. The standard InChI is InChI=1S/C22H43N5O3.HI/c1-9-23-20(25-18-10-12-27(13-11-18)19(28)16(2)3)24-14-17(4)15-26(8)21(29)30-22(5,6)7;/h16-18H,9-15H2,1-8H3,(H2,23,24,25);1H. The van der Waals surface area contributed by atoms with Gasteiger partial charge in [0.05, 0.1) is 0 Å². The summed E-state index contributed by atoms with van der Waals surface area (Å²) in [6.07, 6.45) is 1.52. The summed E-state index contributed by atoms with van der Waals surface area (Å²) < 4.78 is 5.40. The van der Waals surface area contributed by atoms with Gasteiger partial charge in [0, 0.05) is 51.7 Å². The number of piperidine rings is 1. The Labute approximate surface area is 205 Å². The van der Waals surface area contributed by atoms with Crippen LogP contribution in [0.25, 0.3) is 0 Å². The van der Waals surface area contributed by atoms with Crippen LogP contribution in [0.1, 0.15) is 61.3 Å². The van der Waals surface area contributed by atoms with E-state index in [1.165, 1.54) is 0 Å². The van der Waals surface area contributed by atoms with Gasteiger partial charge in [-0.25, -0.2) is 4.79 Å². The van der Waals surface area contributed by atoms with Crippen molar-refractivity contribution in [3.8, 4) is 0 Å². The van der Waals surface area contributed by atoms with Gasteiger partial charge in [0.25, 0.3) is 0 Å². The maximum absolute atomic E-state index is 12.2. The minimum Gasteiger partial charge on any atom is -0.444 e. The highest BCUT2D eigenvalue weighted by molar-refractivity contribution is 14.0. The van der Waals surface area contributed by atoms with Crippen LogP contribution in [0, 0.1) is 11.8 Å². The molecule has 0 saturated carbocycles. The molecule has 0 aliphatic carbocycles. The first-order valence-corrected chi connectivity index (χ1v) is 11.2. The summed E-state index contributed by atoms with van der Waals surface area (Å²) in [5.74, 6) is 1.27. The Bertz CT molecular complexity index is 584. The molecule has 31 heavy (non-hydrogen) atoms. The molecule has 182 valence electrons. The molecule has 0 spiro atoms. The van der Waals surface area contributed by atoms with Gasteiger partial charge >= 0.3 is 6.09 Å². The number of carbonyl (C=O) groups is 2. The van der Waals surface area contributed by atoms with Crippen LogP contribution in [0.15, 0.2) is 4.99 Å². The summed E-state index contributed by atoms with van der Waals surface area (Å²) in [5, 5.41) is 6.80. The summed E-state index contributed by atoms with van der Waals surface area (Å²) in [4.78, 5) is 32.6. The molecule has 1 saturated heterocycles. The third-order valence-corrected chi connectivity index (χ3v) is 4.84. The van der Waals surface area contributed by atoms with Gasteiger partial charge in [-0.2, -0.15) is 0 Å². The predicted molar refractivity (Wildman–Crippen MR) is 137 cm³/mol. The molecule has 8 nitrogen and oxygen atoms in total. The zero-order valence-corrected chi connectivity index (χ0v) is 23.0. The third-order valence-electron chi connectivity index (χ3n) is 4.84. The lowest BCUT2D eigenvalue weighted by Crippen LogP contribution is -2.50. The minimum absolute atomic E-state index is 0. The van der Waals surface area contributed by atoms with E-state index in [9.17, 15) is 9.59 Å². The van der Waals surface area contributed by atoms with Crippen LogP contribution in [-0.4, -0.2) is 79.2 Å². The molecular formula is C22H44IN5O3. The first-order chi connectivity index (χ1) is 13.9. The van der Waals surface area contributed by atoms with E-state index in [0.717, 1.165) is 38.4 Å². The molecule has 1 atom stereocenters. The molecule has 2 amide bonds. The van der Waals surface area contributed by atoms with Crippen LogP contribution in [0.5, 0.6) is 0 Å². The fraction of sp³-hybridized carbons (Fsp3) is 0.864. The van der Waals surface area contributed by atoms with E-state index in [4.69, 9.17) is 9.73 Å². The Morgan fingerprint density at radius 2 is 1.77 bits per heavy atom. The van der Waals surface area contributed by atoms with Crippen molar-refractivity contribution in [2.24, 2.45) is 16.8 Å². The molecule has 1 heterocycles. The Kier molecular flexibility index (Phi) is 13.4. The van der Waals surface area contributed by atoms with E-state index < -0.39 is 5.60 Å². The minimum atomic E-state index is -0.496. The van der Waals surface area contributed by atoms with Crippen LogP contribution >= 0.6 is 24.0 Å². The average Bonchev–Trinajstić information content (AvgIpc) is 2.64. The highest BCUT2D eigenvalue weighted by atomic mass is 127. The second-order valence-corrected chi connectivity index (χ2v) is 9.58. The Morgan fingerprint density at radius 3 is 2.26 bits per heavy atom. The van der Waals surface area contributed by atoms with Gasteiger partial charge in [0.15, 0.2) is 5.96 Å². The molecule has 0 aromatic rings. The number of amides is 2. The number of nitrogens with zero attached hydrogens (tertiary/aromatic N) is 3. The van der Waals surface area contributed by atoms with Crippen molar-refractivity contribution in [3.63, 3.8) is 0 Å². The molecular weight excluding hydrogens is 509 g/mol. The van der Waals surface area contributed by atoms with Gasteiger partial charge in [-0.15, -0.1) is 24.0 Å². The van der Waals surface area contributed by atoms with E-state index in [1.54, 1.807) is 11.9 Å². The molecule has 0 aromatic heterocycles. The Morgan fingerprint density at radius 1 is 1.19 bits per heavy atom. The molecule has 2 N–H and O–H groups in total. The van der Waals surface area contributed by atoms with Crippen molar-refractivity contribution in [3.05, 3.63) is 0 Å². The largest absolute Gasteiger partial charge is 0.444 e. The summed E-state index contributed by atoms with van der Waals surface area (Å²) in [6, 6.07) is 0.304. The van der Waals surface area contributed by atoms with E-state index in [0.29, 0.717) is 19.1 Å². The van der Waals surface area contributed by atoms with Gasteiger partial charge in [-0.05, 0) is 46.5 Å². The number of halogens is 1.